The lowest BCUT2D eigenvalue weighted by atomic mass is 10.1. The highest BCUT2D eigenvalue weighted by Crippen LogP contribution is 2.17. The smallest absolute Gasteiger partial charge is 0.256 e. The normalized spacial score (nSPS) is 18.7. The number of para-hydroxylation sites is 1. The van der Waals surface area contributed by atoms with E-state index in [0.29, 0.717) is 36.3 Å². The number of ether oxygens (including phenoxy) is 1. The van der Waals surface area contributed by atoms with Crippen LogP contribution in [0.25, 0.3) is 11.0 Å². The topological polar surface area (TPSA) is 81.3 Å². The van der Waals surface area contributed by atoms with Gasteiger partial charge >= 0.3 is 0 Å². The van der Waals surface area contributed by atoms with Gasteiger partial charge in [-0.2, -0.15) is 0 Å². The predicted molar refractivity (Wildman–Crippen MR) is 82.0 cm³/mol. The summed E-state index contributed by atoms with van der Waals surface area (Å²) in [6, 6.07) is 5.39. The summed E-state index contributed by atoms with van der Waals surface area (Å²) in [5.74, 6) is -0.106. The molecule has 7 heteroatoms. The molecule has 1 aromatic heterocycles. The Morgan fingerprint density at radius 3 is 3.00 bits per heavy atom. The number of benzene rings is 1. The molecule has 0 bridgehead atoms. The average molecular weight is 302 g/mol. The van der Waals surface area contributed by atoms with Crippen LogP contribution in [-0.4, -0.2) is 51.6 Å². The third-order valence-corrected chi connectivity index (χ3v) is 3.66. The van der Waals surface area contributed by atoms with Crippen molar-refractivity contribution < 1.29 is 9.53 Å². The molecule has 1 aliphatic rings. The van der Waals surface area contributed by atoms with Gasteiger partial charge in [0.1, 0.15) is 16.6 Å². The molecule has 0 spiro atoms. The van der Waals surface area contributed by atoms with Crippen LogP contribution >= 0.6 is 12.2 Å². The molecule has 2 aromatic rings. The van der Waals surface area contributed by atoms with Crippen molar-refractivity contribution in [2.24, 2.45) is 5.73 Å². The maximum atomic E-state index is 12.7. The number of nitrogens with two attached hydrogens (primary N) is 1. The Bertz CT molecular complexity index is 701. The van der Waals surface area contributed by atoms with Crippen molar-refractivity contribution in [2.45, 2.75) is 6.10 Å². The van der Waals surface area contributed by atoms with Crippen LogP contribution in [0.4, 0.5) is 0 Å². The summed E-state index contributed by atoms with van der Waals surface area (Å²) in [6.07, 6.45) is 2.79. The first-order chi connectivity index (χ1) is 10.2. The van der Waals surface area contributed by atoms with Crippen molar-refractivity contribution in [1.29, 1.82) is 0 Å². The fourth-order valence-electron chi connectivity index (χ4n) is 2.34. The van der Waals surface area contributed by atoms with Crippen molar-refractivity contribution in [2.75, 3.05) is 19.7 Å². The van der Waals surface area contributed by atoms with Crippen molar-refractivity contribution >= 4 is 34.1 Å². The van der Waals surface area contributed by atoms with Gasteiger partial charge in [0, 0.05) is 18.9 Å². The number of fused-ring (bicyclic) bond motifs is 1. The predicted octanol–water partition coefficient (Wildman–Crippen LogP) is 0.757. The largest absolute Gasteiger partial charge is 0.391 e. The van der Waals surface area contributed by atoms with E-state index < -0.39 is 6.10 Å². The monoisotopic (exact) mass is 302 g/mol. The van der Waals surface area contributed by atoms with E-state index in [2.05, 4.69) is 9.97 Å². The lowest BCUT2D eigenvalue weighted by Gasteiger charge is -2.32. The summed E-state index contributed by atoms with van der Waals surface area (Å²) in [5, 5.41) is 0. The molecule has 21 heavy (non-hydrogen) atoms. The van der Waals surface area contributed by atoms with E-state index in [1.54, 1.807) is 29.4 Å². The van der Waals surface area contributed by atoms with Crippen LogP contribution < -0.4 is 5.73 Å². The molecular weight excluding hydrogens is 288 g/mol. The van der Waals surface area contributed by atoms with Gasteiger partial charge in [-0.1, -0.05) is 18.3 Å². The van der Waals surface area contributed by atoms with Crippen LogP contribution in [-0.2, 0) is 4.74 Å². The number of morpholine rings is 1. The molecule has 1 fully saturated rings. The molecular formula is C14H14N4O2S. The third-order valence-electron chi connectivity index (χ3n) is 3.40. The molecule has 1 amide bonds. The Kier molecular flexibility index (Phi) is 3.76. The summed E-state index contributed by atoms with van der Waals surface area (Å²) in [6.45, 7) is 1.30. The van der Waals surface area contributed by atoms with Gasteiger partial charge in [-0.05, 0) is 12.1 Å². The Balaban J connectivity index is 1.92. The lowest BCUT2D eigenvalue weighted by molar-refractivity contribution is 0.00887. The molecule has 1 aliphatic heterocycles. The first-order valence-electron chi connectivity index (χ1n) is 6.57. The zero-order chi connectivity index (χ0) is 14.8. The Hall–Kier alpha value is -2.12. The summed E-state index contributed by atoms with van der Waals surface area (Å²) in [7, 11) is 0. The molecule has 3 rings (SSSR count). The summed E-state index contributed by atoms with van der Waals surface area (Å²) in [4.78, 5) is 23.1. The second kappa shape index (κ2) is 5.71. The van der Waals surface area contributed by atoms with Crippen LogP contribution in [0.5, 0.6) is 0 Å². The number of nitrogens with zero attached hydrogens (tertiary/aromatic N) is 3. The Morgan fingerprint density at radius 2 is 2.19 bits per heavy atom. The lowest BCUT2D eigenvalue weighted by Crippen LogP contribution is -2.50. The Labute approximate surface area is 126 Å². The van der Waals surface area contributed by atoms with Gasteiger partial charge in [-0.15, -0.1) is 0 Å². The maximum Gasteiger partial charge on any atom is 0.256 e. The van der Waals surface area contributed by atoms with Crippen molar-refractivity contribution in [1.82, 2.24) is 14.9 Å². The number of carbonyl (C=O) groups is 1. The first kappa shape index (κ1) is 13.8. The highest BCUT2D eigenvalue weighted by atomic mass is 32.1. The highest BCUT2D eigenvalue weighted by molar-refractivity contribution is 7.80. The van der Waals surface area contributed by atoms with E-state index in [9.17, 15) is 4.79 Å². The van der Waals surface area contributed by atoms with Crippen LogP contribution in [0.3, 0.4) is 0 Å². The van der Waals surface area contributed by atoms with Gasteiger partial charge in [0.05, 0.1) is 24.2 Å². The number of amides is 1. The number of rotatable bonds is 2. The minimum absolute atomic E-state index is 0.106. The van der Waals surface area contributed by atoms with Crippen molar-refractivity contribution in [3.05, 3.63) is 36.2 Å². The van der Waals surface area contributed by atoms with Gasteiger partial charge in [0.2, 0.25) is 0 Å². The van der Waals surface area contributed by atoms with E-state index >= 15 is 0 Å². The number of hydrogen-bond acceptors (Lipinski definition) is 5. The molecule has 6 nitrogen and oxygen atoms in total. The van der Waals surface area contributed by atoms with Crippen molar-refractivity contribution in [3.8, 4) is 0 Å². The van der Waals surface area contributed by atoms with E-state index in [4.69, 9.17) is 22.7 Å². The van der Waals surface area contributed by atoms with Gasteiger partial charge in [-0.25, -0.2) is 0 Å². The third kappa shape index (κ3) is 2.70. The average Bonchev–Trinajstić information content (AvgIpc) is 2.53. The molecule has 1 unspecified atom stereocenters. The van der Waals surface area contributed by atoms with Crippen molar-refractivity contribution in [3.63, 3.8) is 0 Å². The van der Waals surface area contributed by atoms with Crippen LogP contribution in [0, 0.1) is 0 Å². The number of carbonyl (C=O) groups excluding carboxylic acids is 1. The summed E-state index contributed by atoms with van der Waals surface area (Å²) < 4.78 is 5.46. The van der Waals surface area contributed by atoms with E-state index in [1.165, 1.54) is 0 Å². The van der Waals surface area contributed by atoms with Crippen LogP contribution in [0.1, 0.15) is 10.4 Å². The molecule has 0 aliphatic carbocycles. The van der Waals surface area contributed by atoms with E-state index in [0.717, 1.165) is 0 Å². The first-order valence-corrected chi connectivity index (χ1v) is 6.97. The van der Waals surface area contributed by atoms with Crippen LogP contribution in [0.2, 0.25) is 0 Å². The summed E-state index contributed by atoms with van der Waals surface area (Å²) >= 11 is 4.94. The number of aromatic nitrogens is 2. The summed E-state index contributed by atoms with van der Waals surface area (Å²) in [5.41, 5.74) is 7.43. The molecule has 108 valence electrons. The molecule has 1 aromatic carbocycles. The fraction of sp³-hybridized carbons (Fsp3) is 0.286. The van der Waals surface area contributed by atoms with E-state index in [1.807, 2.05) is 6.07 Å². The van der Waals surface area contributed by atoms with Gasteiger partial charge in [0.25, 0.3) is 5.91 Å². The minimum atomic E-state index is -0.390. The second-order valence-corrected chi connectivity index (χ2v) is 5.21. The van der Waals surface area contributed by atoms with E-state index in [-0.39, 0.29) is 10.9 Å². The zero-order valence-corrected chi connectivity index (χ0v) is 12.0. The Morgan fingerprint density at radius 1 is 1.38 bits per heavy atom. The van der Waals surface area contributed by atoms with Gasteiger partial charge in [-0.3, -0.25) is 14.8 Å². The second-order valence-electron chi connectivity index (χ2n) is 4.74. The maximum absolute atomic E-state index is 12.7. The molecule has 2 heterocycles. The SMILES string of the molecule is NC(=S)C1CN(C(=O)c2cccc3nccnc23)CCO1. The number of hydrogen-bond donors (Lipinski definition) is 1. The zero-order valence-electron chi connectivity index (χ0n) is 11.2. The van der Waals surface area contributed by atoms with Gasteiger partial charge in [0.15, 0.2) is 0 Å². The highest BCUT2D eigenvalue weighted by Gasteiger charge is 2.27. The standard InChI is InChI=1S/C14H14N4O2S/c15-13(21)11-8-18(6-7-20-11)14(19)9-2-1-3-10-12(9)17-5-4-16-10/h1-5,11H,6-8H2,(H2,15,21). The molecule has 1 atom stereocenters. The fourth-order valence-corrected chi connectivity index (χ4v) is 2.48. The molecule has 1 saturated heterocycles. The molecule has 2 N–H and O–H groups in total. The minimum Gasteiger partial charge on any atom is -0.391 e. The molecule has 0 radical (unpaired) electrons. The van der Waals surface area contributed by atoms with Gasteiger partial charge < -0.3 is 15.4 Å². The quantitative estimate of drug-likeness (QED) is 0.825. The van der Waals surface area contributed by atoms with Crippen LogP contribution in [0.15, 0.2) is 30.6 Å². The molecule has 0 saturated carbocycles. The number of thiocarbonyl (C=S) groups is 1.